The molecule has 1 aromatic rings. The van der Waals surface area contributed by atoms with Crippen molar-refractivity contribution in [1.82, 2.24) is 9.78 Å². The van der Waals surface area contributed by atoms with Crippen LogP contribution in [0.5, 0.6) is 0 Å². The number of sulfonamides is 1. The van der Waals surface area contributed by atoms with Crippen molar-refractivity contribution in [3.8, 4) is 0 Å². The second-order valence-corrected chi connectivity index (χ2v) is 5.57. The minimum Gasteiger partial charge on any atom is -0.268 e. The molecule has 1 heterocycles. The van der Waals surface area contributed by atoms with Crippen molar-refractivity contribution in [1.29, 1.82) is 0 Å². The SMILES string of the molecule is Cc1nn(C2CCCC2)cc1S(N)(=O)=O. The summed E-state index contributed by atoms with van der Waals surface area (Å²) < 4.78 is 24.2. The van der Waals surface area contributed by atoms with Crippen LogP contribution in [0, 0.1) is 6.92 Å². The molecular formula is C9H15N3O2S. The van der Waals surface area contributed by atoms with E-state index in [9.17, 15) is 8.42 Å². The predicted molar refractivity (Wildman–Crippen MR) is 55.8 cm³/mol. The number of hydrogen-bond donors (Lipinski definition) is 1. The molecule has 0 aliphatic heterocycles. The van der Waals surface area contributed by atoms with Crippen molar-refractivity contribution in [2.75, 3.05) is 0 Å². The number of rotatable bonds is 2. The van der Waals surface area contributed by atoms with Gasteiger partial charge in [0, 0.05) is 6.20 Å². The Labute approximate surface area is 89.3 Å². The summed E-state index contributed by atoms with van der Waals surface area (Å²) in [6.45, 7) is 1.67. The van der Waals surface area contributed by atoms with Crippen LogP contribution in [0.3, 0.4) is 0 Å². The summed E-state index contributed by atoms with van der Waals surface area (Å²) in [6.07, 6.45) is 6.08. The fraction of sp³-hybridized carbons (Fsp3) is 0.667. The van der Waals surface area contributed by atoms with E-state index in [1.54, 1.807) is 17.8 Å². The quantitative estimate of drug-likeness (QED) is 0.820. The average molecular weight is 229 g/mol. The summed E-state index contributed by atoms with van der Waals surface area (Å²) in [5, 5.41) is 9.31. The molecule has 0 atom stereocenters. The van der Waals surface area contributed by atoms with Gasteiger partial charge in [0.2, 0.25) is 10.0 Å². The normalized spacial score (nSPS) is 18.5. The highest BCUT2D eigenvalue weighted by Gasteiger charge is 2.22. The average Bonchev–Trinajstić information content (AvgIpc) is 2.68. The van der Waals surface area contributed by atoms with Gasteiger partial charge in [-0.25, -0.2) is 13.6 Å². The van der Waals surface area contributed by atoms with E-state index in [1.165, 1.54) is 12.8 Å². The summed E-state index contributed by atoms with van der Waals surface area (Å²) in [4.78, 5) is 0.148. The van der Waals surface area contributed by atoms with Gasteiger partial charge in [0.1, 0.15) is 4.90 Å². The molecule has 84 valence electrons. The predicted octanol–water partition coefficient (Wildman–Crippen LogP) is 0.954. The standard InChI is InChI=1S/C9H15N3O2S/c1-7-9(15(10,13)14)6-12(11-7)8-4-2-3-5-8/h6,8H,2-5H2,1H3,(H2,10,13,14). The lowest BCUT2D eigenvalue weighted by Crippen LogP contribution is -2.12. The van der Waals surface area contributed by atoms with Gasteiger partial charge in [-0.15, -0.1) is 0 Å². The fourth-order valence-electron chi connectivity index (χ4n) is 2.10. The molecule has 0 spiro atoms. The number of nitrogens with zero attached hydrogens (tertiary/aromatic N) is 2. The maximum Gasteiger partial charge on any atom is 0.241 e. The molecule has 15 heavy (non-hydrogen) atoms. The Morgan fingerprint density at radius 1 is 1.47 bits per heavy atom. The maximum absolute atomic E-state index is 11.2. The molecule has 0 aromatic carbocycles. The van der Waals surface area contributed by atoms with Crippen LogP contribution in [0.2, 0.25) is 0 Å². The Kier molecular flexibility index (Phi) is 2.56. The van der Waals surface area contributed by atoms with Crippen LogP contribution in [-0.4, -0.2) is 18.2 Å². The molecule has 1 aliphatic carbocycles. The van der Waals surface area contributed by atoms with E-state index in [-0.39, 0.29) is 4.90 Å². The van der Waals surface area contributed by atoms with Crippen LogP contribution in [0.4, 0.5) is 0 Å². The van der Waals surface area contributed by atoms with Gasteiger partial charge in [0.25, 0.3) is 0 Å². The maximum atomic E-state index is 11.2. The molecule has 0 amide bonds. The van der Waals surface area contributed by atoms with Gasteiger partial charge in [-0.3, -0.25) is 4.68 Å². The van der Waals surface area contributed by atoms with Gasteiger partial charge >= 0.3 is 0 Å². The molecular weight excluding hydrogens is 214 g/mol. The Bertz CT molecular complexity index is 458. The minimum absolute atomic E-state index is 0.148. The lowest BCUT2D eigenvalue weighted by molar-refractivity contribution is 0.464. The monoisotopic (exact) mass is 229 g/mol. The number of nitrogens with two attached hydrogens (primary N) is 1. The van der Waals surface area contributed by atoms with Gasteiger partial charge in [-0.2, -0.15) is 5.10 Å². The lowest BCUT2D eigenvalue weighted by Gasteiger charge is -2.08. The Morgan fingerprint density at radius 2 is 2.07 bits per heavy atom. The third-order valence-corrected chi connectivity index (χ3v) is 3.89. The Balaban J connectivity index is 2.36. The third kappa shape index (κ3) is 2.05. The van der Waals surface area contributed by atoms with Gasteiger partial charge in [-0.1, -0.05) is 12.8 Å². The number of aryl methyl sites for hydroxylation is 1. The lowest BCUT2D eigenvalue weighted by atomic mass is 10.3. The zero-order valence-electron chi connectivity index (χ0n) is 8.68. The smallest absolute Gasteiger partial charge is 0.241 e. The highest BCUT2D eigenvalue weighted by molar-refractivity contribution is 7.89. The molecule has 1 saturated carbocycles. The van der Waals surface area contributed by atoms with Crippen LogP contribution in [0.15, 0.2) is 11.1 Å². The molecule has 2 rings (SSSR count). The van der Waals surface area contributed by atoms with Crippen molar-refractivity contribution in [2.45, 2.75) is 43.5 Å². The number of aromatic nitrogens is 2. The zero-order chi connectivity index (χ0) is 11.1. The Hall–Kier alpha value is -0.880. The van der Waals surface area contributed by atoms with Crippen LogP contribution in [0.25, 0.3) is 0 Å². The largest absolute Gasteiger partial charge is 0.268 e. The third-order valence-electron chi connectivity index (χ3n) is 2.88. The fourth-order valence-corrected chi connectivity index (χ4v) is 2.81. The second-order valence-electron chi connectivity index (χ2n) is 4.04. The van der Waals surface area contributed by atoms with Crippen molar-refractivity contribution < 1.29 is 8.42 Å². The topological polar surface area (TPSA) is 78.0 Å². The number of hydrogen-bond acceptors (Lipinski definition) is 3. The highest BCUT2D eigenvalue weighted by atomic mass is 32.2. The Morgan fingerprint density at radius 3 is 2.53 bits per heavy atom. The van der Waals surface area contributed by atoms with E-state index in [4.69, 9.17) is 5.14 Å². The van der Waals surface area contributed by atoms with Gasteiger partial charge in [0.15, 0.2) is 0 Å². The zero-order valence-corrected chi connectivity index (χ0v) is 9.50. The van der Waals surface area contributed by atoms with Gasteiger partial charge in [-0.05, 0) is 19.8 Å². The van der Waals surface area contributed by atoms with Crippen molar-refractivity contribution >= 4 is 10.0 Å². The number of primary sulfonamides is 1. The molecule has 0 bridgehead atoms. The van der Waals surface area contributed by atoms with Crippen LogP contribution in [-0.2, 0) is 10.0 Å². The van der Waals surface area contributed by atoms with E-state index in [0.717, 1.165) is 12.8 Å². The molecule has 0 unspecified atom stereocenters. The first-order valence-electron chi connectivity index (χ1n) is 5.07. The van der Waals surface area contributed by atoms with Crippen LogP contribution in [0.1, 0.15) is 37.4 Å². The van der Waals surface area contributed by atoms with E-state index in [1.807, 2.05) is 0 Å². The van der Waals surface area contributed by atoms with Crippen molar-refractivity contribution in [3.05, 3.63) is 11.9 Å². The van der Waals surface area contributed by atoms with E-state index in [2.05, 4.69) is 5.10 Å². The second kappa shape index (κ2) is 3.61. The first kappa shape index (κ1) is 10.6. The minimum atomic E-state index is -3.63. The van der Waals surface area contributed by atoms with Gasteiger partial charge in [0.05, 0.1) is 11.7 Å². The summed E-state index contributed by atoms with van der Waals surface area (Å²) in [5.74, 6) is 0. The summed E-state index contributed by atoms with van der Waals surface area (Å²) in [7, 11) is -3.63. The first-order valence-corrected chi connectivity index (χ1v) is 6.61. The summed E-state index contributed by atoms with van der Waals surface area (Å²) in [6, 6.07) is 0.346. The van der Waals surface area contributed by atoms with Gasteiger partial charge < -0.3 is 0 Å². The van der Waals surface area contributed by atoms with Crippen LogP contribution >= 0.6 is 0 Å². The molecule has 5 nitrogen and oxygen atoms in total. The molecule has 0 radical (unpaired) electrons. The van der Waals surface area contributed by atoms with E-state index in [0.29, 0.717) is 11.7 Å². The molecule has 0 saturated heterocycles. The van der Waals surface area contributed by atoms with E-state index >= 15 is 0 Å². The summed E-state index contributed by atoms with van der Waals surface area (Å²) in [5.41, 5.74) is 0.490. The molecule has 6 heteroatoms. The summed E-state index contributed by atoms with van der Waals surface area (Å²) >= 11 is 0. The van der Waals surface area contributed by atoms with Crippen molar-refractivity contribution in [3.63, 3.8) is 0 Å². The first-order chi connectivity index (χ1) is 6.98. The molecule has 1 aromatic heterocycles. The molecule has 1 aliphatic rings. The molecule has 2 N–H and O–H groups in total. The van der Waals surface area contributed by atoms with Crippen LogP contribution < -0.4 is 5.14 Å². The highest BCUT2D eigenvalue weighted by Crippen LogP contribution is 2.29. The van der Waals surface area contributed by atoms with Crippen molar-refractivity contribution in [2.24, 2.45) is 5.14 Å². The molecule has 1 fully saturated rings. The van der Waals surface area contributed by atoms with E-state index < -0.39 is 10.0 Å².